The van der Waals surface area contributed by atoms with Crippen LogP contribution in [-0.2, 0) is 7.05 Å². The largest absolute Gasteiger partial charge is 0.320 e. The number of nitrogens with zero attached hydrogens (tertiary/aromatic N) is 2. The summed E-state index contributed by atoms with van der Waals surface area (Å²) < 4.78 is 2.56. The van der Waals surface area contributed by atoms with Gasteiger partial charge in [-0.05, 0) is 46.6 Å². The number of anilines is 1. The van der Waals surface area contributed by atoms with Crippen LogP contribution in [0, 0.1) is 6.92 Å². The Morgan fingerprint density at radius 3 is 2.52 bits per heavy atom. The summed E-state index contributed by atoms with van der Waals surface area (Å²) >= 11 is 3.42. The summed E-state index contributed by atoms with van der Waals surface area (Å²) in [5, 5.41) is 7.19. The molecule has 0 atom stereocenters. The lowest BCUT2D eigenvalue weighted by Crippen LogP contribution is -2.13. The van der Waals surface area contributed by atoms with Crippen LogP contribution in [0.5, 0.6) is 0 Å². The van der Waals surface area contributed by atoms with Gasteiger partial charge in [0.05, 0.1) is 11.4 Å². The molecule has 3 aromatic rings. The average Bonchev–Trinajstić information content (AvgIpc) is 2.92. The molecule has 0 aliphatic rings. The van der Waals surface area contributed by atoms with Crippen LogP contribution in [0.15, 0.2) is 59.1 Å². The lowest BCUT2D eigenvalue weighted by Gasteiger charge is -2.04. The number of rotatable bonds is 3. The Labute approximate surface area is 143 Å². The normalized spacial score (nSPS) is 10.6. The van der Waals surface area contributed by atoms with E-state index in [-0.39, 0.29) is 5.91 Å². The number of hydrogen-bond acceptors (Lipinski definition) is 2. The molecular formula is C18H16BrN3O. The average molecular weight is 370 g/mol. The van der Waals surface area contributed by atoms with Crippen molar-refractivity contribution in [1.82, 2.24) is 9.78 Å². The van der Waals surface area contributed by atoms with Crippen LogP contribution >= 0.6 is 15.9 Å². The molecule has 0 fully saturated rings. The van der Waals surface area contributed by atoms with Gasteiger partial charge in [0.1, 0.15) is 0 Å². The van der Waals surface area contributed by atoms with Gasteiger partial charge in [-0.2, -0.15) is 5.10 Å². The van der Waals surface area contributed by atoms with Gasteiger partial charge in [0.15, 0.2) is 5.69 Å². The van der Waals surface area contributed by atoms with Crippen molar-refractivity contribution >= 4 is 27.5 Å². The SMILES string of the molecule is Cc1ccc(-c2cc(C(=O)Nc3ccccc3Br)nn2C)cc1. The van der Waals surface area contributed by atoms with Gasteiger partial charge in [-0.3, -0.25) is 9.48 Å². The predicted octanol–water partition coefficient (Wildman–Crippen LogP) is 4.41. The molecule has 1 aromatic heterocycles. The molecule has 1 N–H and O–H groups in total. The second-order valence-corrected chi connectivity index (χ2v) is 6.19. The number of aromatic nitrogens is 2. The fraction of sp³-hybridized carbons (Fsp3) is 0.111. The fourth-order valence-corrected chi connectivity index (χ4v) is 2.71. The molecule has 0 spiro atoms. The van der Waals surface area contributed by atoms with Gasteiger partial charge in [0.2, 0.25) is 0 Å². The molecule has 1 heterocycles. The highest BCUT2D eigenvalue weighted by Gasteiger charge is 2.15. The summed E-state index contributed by atoms with van der Waals surface area (Å²) in [6.07, 6.45) is 0. The van der Waals surface area contributed by atoms with Crippen molar-refractivity contribution in [3.8, 4) is 11.3 Å². The molecule has 23 heavy (non-hydrogen) atoms. The van der Waals surface area contributed by atoms with E-state index in [1.807, 2.05) is 62.5 Å². The third-order valence-corrected chi connectivity index (χ3v) is 4.27. The van der Waals surface area contributed by atoms with E-state index in [0.717, 1.165) is 21.4 Å². The third kappa shape index (κ3) is 3.35. The molecule has 1 amide bonds. The highest BCUT2D eigenvalue weighted by atomic mass is 79.9. The zero-order valence-corrected chi connectivity index (χ0v) is 14.5. The second-order valence-electron chi connectivity index (χ2n) is 5.34. The topological polar surface area (TPSA) is 46.9 Å². The van der Waals surface area contributed by atoms with Crippen LogP contribution in [0.1, 0.15) is 16.1 Å². The van der Waals surface area contributed by atoms with Crippen molar-refractivity contribution in [3.05, 3.63) is 70.3 Å². The molecule has 0 aliphatic heterocycles. The quantitative estimate of drug-likeness (QED) is 0.742. The highest BCUT2D eigenvalue weighted by Crippen LogP contribution is 2.23. The lowest BCUT2D eigenvalue weighted by atomic mass is 10.1. The van der Waals surface area contributed by atoms with Crippen molar-refractivity contribution in [2.75, 3.05) is 5.32 Å². The van der Waals surface area contributed by atoms with E-state index in [0.29, 0.717) is 5.69 Å². The van der Waals surface area contributed by atoms with E-state index in [9.17, 15) is 4.79 Å². The van der Waals surface area contributed by atoms with Crippen LogP contribution in [-0.4, -0.2) is 15.7 Å². The maximum atomic E-state index is 12.4. The first-order valence-corrected chi connectivity index (χ1v) is 8.01. The molecule has 0 saturated heterocycles. The molecule has 2 aromatic carbocycles. The third-order valence-electron chi connectivity index (χ3n) is 3.58. The molecule has 4 nitrogen and oxygen atoms in total. The number of nitrogens with one attached hydrogen (secondary N) is 1. The molecule has 116 valence electrons. The van der Waals surface area contributed by atoms with Crippen molar-refractivity contribution in [2.45, 2.75) is 6.92 Å². The minimum absolute atomic E-state index is 0.231. The standard InChI is InChI=1S/C18H16BrN3O/c1-12-7-9-13(10-8-12)17-11-16(21-22(17)2)18(23)20-15-6-4-3-5-14(15)19/h3-11H,1-2H3,(H,20,23). The Bertz CT molecular complexity index is 853. The number of benzene rings is 2. The summed E-state index contributed by atoms with van der Waals surface area (Å²) in [6.45, 7) is 2.05. The number of halogens is 1. The minimum atomic E-state index is -0.231. The van der Waals surface area contributed by atoms with E-state index in [4.69, 9.17) is 0 Å². The molecular weight excluding hydrogens is 354 g/mol. The number of para-hydroxylation sites is 1. The van der Waals surface area contributed by atoms with Gasteiger partial charge in [-0.25, -0.2) is 0 Å². The van der Waals surface area contributed by atoms with Gasteiger partial charge < -0.3 is 5.32 Å². The molecule has 3 rings (SSSR count). The number of carbonyl (C=O) groups is 1. The summed E-state index contributed by atoms with van der Waals surface area (Å²) in [5.74, 6) is -0.231. The van der Waals surface area contributed by atoms with Crippen LogP contribution in [0.4, 0.5) is 5.69 Å². The summed E-state index contributed by atoms with van der Waals surface area (Å²) in [6, 6.07) is 17.4. The summed E-state index contributed by atoms with van der Waals surface area (Å²) in [5.41, 5.74) is 4.24. The molecule has 5 heteroatoms. The minimum Gasteiger partial charge on any atom is -0.320 e. The van der Waals surface area contributed by atoms with E-state index in [2.05, 4.69) is 26.3 Å². The van der Waals surface area contributed by atoms with Crippen molar-refractivity contribution < 1.29 is 4.79 Å². The predicted molar refractivity (Wildman–Crippen MR) is 95.5 cm³/mol. The Balaban J connectivity index is 1.87. The molecule has 0 bridgehead atoms. The molecule has 0 aliphatic carbocycles. The first kappa shape index (κ1) is 15.5. The van der Waals surface area contributed by atoms with Crippen molar-refractivity contribution in [2.24, 2.45) is 7.05 Å². The van der Waals surface area contributed by atoms with Gasteiger partial charge >= 0.3 is 0 Å². The maximum absolute atomic E-state index is 12.4. The van der Waals surface area contributed by atoms with E-state index in [1.165, 1.54) is 5.56 Å². The van der Waals surface area contributed by atoms with E-state index < -0.39 is 0 Å². The molecule has 0 radical (unpaired) electrons. The Kier molecular flexibility index (Phi) is 4.30. The fourth-order valence-electron chi connectivity index (χ4n) is 2.32. The summed E-state index contributed by atoms with van der Waals surface area (Å²) in [7, 11) is 1.84. The Morgan fingerprint density at radius 2 is 1.83 bits per heavy atom. The number of carbonyl (C=O) groups excluding carboxylic acids is 1. The lowest BCUT2D eigenvalue weighted by molar-refractivity contribution is 0.102. The first-order chi connectivity index (χ1) is 11.0. The zero-order valence-electron chi connectivity index (χ0n) is 12.9. The van der Waals surface area contributed by atoms with Crippen LogP contribution < -0.4 is 5.32 Å². The van der Waals surface area contributed by atoms with Crippen molar-refractivity contribution in [1.29, 1.82) is 0 Å². The van der Waals surface area contributed by atoms with Crippen LogP contribution in [0.2, 0.25) is 0 Å². The Hall–Kier alpha value is -2.40. The van der Waals surface area contributed by atoms with Crippen molar-refractivity contribution in [3.63, 3.8) is 0 Å². The van der Waals surface area contributed by atoms with Gasteiger partial charge in [0.25, 0.3) is 5.91 Å². The maximum Gasteiger partial charge on any atom is 0.276 e. The molecule has 0 unspecified atom stereocenters. The van der Waals surface area contributed by atoms with Gasteiger partial charge in [0, 0.05) is 11.5 Å². The summed E-state index contributed by atoms with van der Waals surface area (Å²) in [4.78, 5) is 12.4. The number of amides is 1. The van der Waals surface area contributed by atoms with Crippen LogP contribution in [0.3, 0.4) is 0 Å². The first-order valence-electron chi connectivity index (χ1n) is 7.21. The van der Waals surface area contributed by atoms with Crippen LogP contribution in [0.25, 0.3) is 11.3 Å². The zero-order chi connectivity index (χ0) is 16.4. The molecule has 0 saturated carbocycles. The van der Waals surface area contributed by atoms with Gasteiger partial charge in [-0.15, -0.1) is 0 Å². The van der Waals surface area contributed by atoms with Gasteiger partial charge in [-0.1, -0.05) is 42.0 Å². The highest BCUT2D eigenvalue weighted by molar-refractivity contribution is 9.10. The second kappa shape index (κ2) is 6.38. The Morgan fingerprint density at radius 1 is 1.13 bits per heavy atom. The number of hydrogen-bond donors (Lipinski definition) is 1. The smallest absolute Gasteiger partial charge is 0.276 e. The monoisotopic (exact) mass is 369 g/mol. The van der Waals surface area contributed by atoms with E-state index in [1.54, 1.807) is 10.7 Å². The number of aryl methyl sites for hydroxylation is 2. The van der Waals surface area contributed by atoms with E-state index >= 15 is 0 Å².